The molecule has 116 valence electrons. The zero-order valence-corrected chi connectivity index (χ0v) is 13.0. The van der Waals surface area contributed by atoms with Gasteiger partial charge in [-0.05, 0) is 18.2 Å². The number of nitrogen functional groups attached to an aromatic ring is 1. The van der Waals surface area contributed by atoms with Crippen LogP contribution in [0.2, 0.25) is 0 Å². The lowest BCUT2D eigenvalue weighted by atomic mass is 10.1. The number of hydrogen-bond donors (Lipinski definition) is 3. The molecule has 0 aliphatic rings. The topological polar surface area (TPSA) is 148 Å². The van der Waals surface area contributed by atoms with Crippen molar-refractivity contribution in [3.05, 3.63) is 24.3 Å². The van der Waals surface area contributed by atoms with Crippen LogP contribution in [0.1, 0.15) is 0 Å². The summed E-state index contributed by atoms with van der Waals surface area (Å²) in [5.74, 6) is 0. The maximum Gasteiger partial charge on any atom is 0.295 e. The van der Waals surface area contributed by atoms with E-state index in [1.807, 2.05) is 0 Å². The van der Waals surface area contributed by atoms with Gasteiger partial charge in [0.1, 0.15) is 4.90 Å². The number of rotatable bonds is 2. The molecule has 0 atom stereocenters. The maximum atomic E-state index is 11.5. The quantitative estimate of drug-likeness (QED) is 0.583. The lowest BCUT2D eigenvalue weighted by molar-refractivity contribution is 0.482. The Morgan fingerprint density at radius 1 is 1.00 bits per heavy atom. The second-order valence-corrected chi connectivity index (χ2v) is 8.30. The van der Waals surface area contributed by atoms with Crippen molar-refractivity contribution in [1.29, 1.82) is 0 Å². The number of nitrogens with two attached hydrogens (primary N) is 1. The highest BCUT2D eigenvalue weighted by Crippen LogP contribution is 2.35. The number of nitrogens with zero attached hydrogens (tertiary/aromatic N) is 1. The summed E-state index contributed by atoms with van der Waals surface area (Å²) < 4.78 is 64.8. The van der Waals surface area contributed by atoms with E-state index in [1.54, 1.807) is 6.07 Å². The predicted molar refractivity (Wildman–Crippen MR) is 81.2 cm³/mol. The Bertz CT molecular complexity index is 1130. The highest BCUT2D eigenvalue weighted by Gasteiger charge is 2.22. The van der Waals surface area contributed by atoms with Crippen LogP contribution in [0.5, 0.6) is 0 Å². The normalized spacial score (nSPS) is 13.0. The summed E-state index contributed by atoms with van der Waals surface area (Å²) in [5.41, 5.74) is 5.89. The first-order valence-corrected chi connectivity index (χ1v) is 9.35. The van der Waals surface area contributed by atoms with Gasteiger partial charge in [0.25, 0.3) is 20.2 Å². The highest BCUT2D eigenvalue weighted by molar-refractivity contribution is 7.86. The molecule has 2 aromatic carbocycles. The SMILES string of the molecule is Nc1nc2c(ccc3c(S(=O)(=O)O)cc(S(=O)(=O)O)cc32)s1. The molecule has 1 heterocycles. The Balaban J connectivity index is 2.61. The standard InChI is InChI=1S/C11H8N2O6S3/c12-11-13-10-7-3-5(21(14,15)16)4-9(22(17,18)19)6(7)1-2-8(10)20-11/h1-4H,(H2,12,13)(H,14,15,16)(H,17,18,19). The number of aromatic nitrogens is 1. The van der Waals surface area contributed by atoms with Crippen molar-refractivity contribution in [2.24, 2.45) is 0 Å². The first-order chi connectivity index (χ1) is 10.1. The van der Waals surface area contributed by atoms with E-state index in [-0.39, 0.29) is 21.4 Å². The van der Waals surface area contributed by atoms with E-state index in [1.165, 1.54) is 6.07 Å². The number of hydrogen-bond acceptors (Lipinski definition) is 7. The smallest absolute Gasteiger partial charge is 0.295 e. The molecule has 0 amide bonds. The minimum Gasteiger partial charge on any atom is -0.375 e. The number of thiazole rings is 1. The summed E-state index contributed by atoms with van der Waals surface area (Å²) in [6.45, 7) is 0. The zero-order valence-electron chi connectivity index (χ0n) is 10.6. The van der Waals surface area contributed by atoms with Crippen LogP contribution in [-0.2, 0) is 20.2 Å². The summed E-state index contributed by atoms with van der Waals surface area (Å²) in [7, 11) is -9.38. The van der Waals surface area contributed by atoms with Crippen molar-refractivity contribution in [3.63, 3.8) is 0 Å². The number of anilines is 1. The van der Waals surface area contributed by atoms with Gasteiger partial charge in [-0.3, -0.25) is 9.11 Å². The van der Waals surface area contributed by atoms with Crippen molar-refractivity contribution >= 4 is 57.7 Å². The van der Waals surface area contributed by atoms with Gasteiger partial charge < -0.3 is 5.73 Å². The summed E-state index contributed by atoms with van der Waals surface area (Å²) in [5, 5.41) is 0.439. The van der Waals surface area contributed by atoms with E-state index in [0.29, 0.717) is 10.8 Å². The molecule has 0 saturated carbocycles. The van der Waals surface area contributed by atoms with Gasteiger partial charge in [0.15, 0.2) is 5.13 Å². The van der Waals surface area contributed by atoms with Crippen LogP contribution in [-0.4, -0.2) is 30.9 Å². The number of fused-ring (bicyclic) bond motifs is 3. The molecule has 0 radical (unpaired) electrons. The molecule has 0 fully saturated rings. The predicted octanol–water partition coefficient (Wildman–Crippen LogP) is 1.53. The number of benzene rings is 2. The monoisotopic (exact) mass is 360 g/mol. The van der Waals surface area contributed by atoms with Crippen LogP contribution in [0.3, 0.4) is 0 Å². The molecule has 8 nitrogen and oxygen atoms in total. The molecule has 22 heavy (non-hydrogen) atoms. The van der Waals surface area contributed by atoms with Gasteiger partial charge in [-0.15, -0.1) is 0 Å². The van der Waals surface area contributed by atoms with Gasteiger partial charge in [-0.1, -0.05) is 17.4 Å². The lowest BCUT2D eigenvalue weighted by Crippen LogP contribution is -2.04. The van der Waals surface area contributed by atoms with Gasteiger partial charge in [-0.2, -0.15) is 16.8 Å². The van der Waals surface area contributed by atoms with Crippen LogP contribution in [0, 0.1) is 0 Å². The van der Waals surface area contributed by atoms with Gasteiger partial charge in [-0.25, -0.2) is 4.98 Å². The molecule has 3 aromatic rings. The lowest BCUT2D eigenvalue weighted by Gasteiger charge is -2.07. The summed E-state index contributed by atoms with van der Waals surface area (Å²) >= 11 is 1.14. The Labute approximate surface area is 128 Å². The molecular weight excluding hydrogens is 352 g/mol. The summed E-state index contributed by atoms with van der Waals surface area (Å²) in [6.07, 6.45) is 0. The third-order valence-electron chi connectivity index (χ3n) is 3.02. The Morgan fingerprint density at radius 2 is 1.68 bits per heavy atom. The molecule has 0 unspecified atom stereocenters. The molecule has 11 heteroatoms. The van der Waals surface area contributed by atoms with E-state index in [0.717, 1.165) is 17.4 Å². The first-order valence-electron chi connectivity index (χ1n) is 5.65. The molecule has 4 N–H and O–H groups in total. The van der Waals surface area contributed by atoms with E-state index in [2.05, 4.69) is 4.98 Å². The second-order valence-electron chi connectivity index (χ2n) is 4.43. The van der Waals surface area contributed by atoms with E-state index in [4.69, 9.17) is 10.3 Å². The van der Waals surface area contributed by atoms with E-state index in [9.17, 15) is 21.4 Å². The summed E-state index contributed by atoms with van der Waals surface area (Å²) in [6, 6.07) is 4.75. The molecule has 0 aliphatic heterocycles. The van der Waals surface area contributed by atoms with Crippen LogP contribution in [0.15, 0.2) is 34.1 Å². The molecular formula is C11H8N2O6S3. The van der Waals surface area contributed by atoms with E-state index >= 15 is 0 Å². The van der Waals surface area contributed by atoms with Crippen LogP contribution in [0.25, 0.3) is 21.0 Å². The third kappa shape index (κ3) is 2.42. The largest absolute Gasteiger partial charge is 0.375 e. The van der Waals surface area contributed by atoms with Crippen molar-refractivity contribution < 1.29 is 25.9 Å². The molecule has 1 aromatic heterocycles. The maximum absolute atomic E-state index is 11.5. The van der Waals surface area contributed by atoms with Crippen molar-refractivity contribution in [2.75, 3.05) is 5.73 Å². The fourth-order valence-corrected chi connectivity index (χ4v) is 4.24. The minimum atomic E-state index is -4.71. The average molecular weight is 360 g/mol. The Hall–Kier alpha value is -1.79. The highest BCUT2D eigenvalue weighted by atomic mass is 32.2. The fourth-order valence-electron chi connectivity index (χ4n) is 2.15. The fraction of sp³-hybridized carbons (Fsp3) is 0. The van der Waals surface area contributed by atoms with Gasteiger partial charge in [0.2, 0.25) is 0 Å². The molecule has 0 aliphatic carbocycles. The van der Waals surface area contributed by atoms with Gasteiger partial charge in [0, 0.05) is 10.8 Å². The Kier molecular flexibility index (Phi) is 3.16. The molecule has 3 rings (SSSR count). The van der Waals surface area contributed by atoms with Gasteiger partial charge >= 0.3 is 0 Å². The average Bonchev–Trinajstić information content (AvgIpc) is 2.75. The minimum absolute atomic E-state index is 0.0766. The molecule has 0 bridgehead atoms. The van der Waals surface area contributed by atoms with Crippen LogP contribution in [0.4, 0.5) is 5.13 Å². The molecule has 0 spiro atoms. The molecule has 0 saturated heterocycles. The first kappa shape index (κ1) is 15.1. The third-order valence-corrected chi connectivity index (χ3v) is 5.59. The van der Waals surface area contributed by atoms with Crippen LogP contribution < -0.4 is 5.73 Å². The van der Waals surface area contributed by atoms with Crippen molar-refractivity contribution in [1.82, 2.24) is 4.98 Å². The van der Waals surface area contributed by atoms with Crippen LogP contribution >= 0.6 is 11.3 Å². The zero-order chi connectivity index (χ0) is 16.3. The van der Waals surface area contributed by atoms with Crippen molar-refractivity contribution in [3.8, 4) is 0 Å². The van der Waals surface area contributed by atoms with E-state index < -0.39 is 30.0 Å². The summed E-state index contributed by atoms with van der Waals surface area (Å²) in [4.78, 5) is 2.74. The van der Waals surface area contributed by atoms with Crippen molar-refractivity contribution in [2.45, 2.75) is 9.79 Å². The van der Waals surface area contributed by atoms with Gasteiger partial charge in [0.05, 0.1) is 15.1 Å². The Morgan fingerprint density at radius 3 is 2.27 bits per heavy atom. The second kappa shape index (κ2) is 4.60.